The summed E-state index contributed by atoms with van der Waals surface area (Å²) in [5, 5.41) is 1.12. The normalized spacial score (nSPS) is 38.2. The number of allylic oxidation sites excluding steroid dienone is 2. The van der Waals surface area contributed by atoms with E-state index in [0.29, 0.717) is 0 Å². The van der Waals surface area contributed by atoms with Crippen LogP contribution in [-0.4, -0.2) is 39.3 Å². The van der Waals surface area contributed by atoms with Gasteiger partial charge in [0, 0.05) is 29.7 Å². The summed E-state index contributed by atoms with van der Waals surface area (Å²) in [6.45, 7) is 8.41. The molecule has 3 aliphatic rings. The highest BCUT2D eigenvalue weighted by atomic mass is 35.5. The van der Waals surface area contributed by atoms with Gasteiger partial charge in [-0.3, -0.25) is 0 Å². The maximum absolute atomic E-state index is 6.16. The van der Waals surface area contributed by atoms with Crippen LogP contribution < -0.4 is 9.80 Å². The van der Waals surface area contributed by atoms with Gasteiger partial charge in [-0.1, -0.05) is 17.7 Å². The maximum atomic E-state index is 6.16. The third-order valence-corrected chi connectivity index (χ3v) is 5.32. The Morgan fingerprint density at radius 1 is 1.06 bits per heavy atom. The van der Waals surface area contributed by atoms with Crippen LogP contribution in [0.2, 0.25) is 0 Å². The molecule has 3 heteroatoms. The van der Waals surface area contributed by atoms with Gasteiger partial charge in [-0.2, -0.15) is 0 Å². The second-order valence-electron chi connectivity index (χ2n) is 6.23. The molecule has 1 unspecified atom stereocenters. The number of rotatable bonds is 3. The Kier molecular flexibility index (Phi) is 3.74. The summed E-state index contributed by atoms with van der Waals surface area (Å²) in [6, 6.07) is 0. The highest BCUT2D eigenvalue weighted by Crippen LogP contribution is 2.31. The number of nitrogens with one attached hydrogen (secondary N) is 2. The number of fused-ring (bicyclic) bond motifs is 1. The summed E-state index contributed by atoms with van der Waals surface area (Å²) in [5.74, 6) is 1.82. The van der Waals surface area contributed by atoms with Crippen LogP contribution in [0.1, 0.15) is 25.7 Å². The monoisotopic (exact) mass is 256 g/mol. The molecule has 2 heterocycles. The zero-order valence-corrected chi connectivity index (χ0v) is 11.4. The fraction of sp³-hybridized carbons (Fsp3) is 0.857. The van der Waals surface area contributed by atoms with Crippen molar-refractivity contribution >= 4 is 11.6 Å². The van der Waals surface area contributed by atoms with Gasteiger partial charge in [0.05, 0.1) is 26.2 Å². The largest absolute Gasteiger partial charge is 0.330 e. The van der Waals surface area contributed by atoms with Crippen molar-refractivity contribution in [3.8, 4) is 0 Å². The van der Waals surface area contributed by atoms with Crippen molar-refractivity contribution in [1.82, 2.24) is 0 Å². The maximum Gasteiger partial charge on any atom is 0.127 e. The number of hydrogen-bond acceptors (Lipinski definition) is 0. The molecule has 2 fully saturated rings. The second kappa shape index (κ2) is 5.29. The molecule has 0 bridgehead atoms. The summed E-state index contributed by atoms with van der Waals surface area (Å²) < 4.78 is 0. The lowest BCUT2D eigenvalue weighted by Crippen LogP contribution is -3.18. The van der Waals surface area contributed by atoms with Crippen molar-refractivity contribution in [1.29, 1.82) is 0 Å². The van der Waals surface area contributed by atoms with Crippen LogP contribution >= 0.6 is 11.6 Å². The summed E-state index contributed by atoms with van der Waals surface area (Å²) in [4.78, 5) is 3.70. The van der Waals surface area contributed by atoms with Gasteiger partial charge in [0.1, 0.15) is 13.1 Å². The molecular formula is C14H25ClN2+2. The first kappa shape index (κ1) is 12.0. The Balaban J connectivity index is 1.45. The van der Waals surface area contributed by atoms with Gasteiger partial charge in [0.2, 0.25) is 0 Å². The molecule has 0 spiro atoms. The predicted molar refractivity (Wildman–Crippen MR) is 70.5 cm³/mol. The van der Waals surface area contributed by atoms with E-state index >= 15 is 0 Å². The molecule has 3 rings (SSSR count). The zero-order valence-electron chi connectivity index (χ0n) is 10.7. The average molecular weight is 257 g/mol. The molecule has 2 nitrogen and oxygen atoms in total. The number of quaternary nitrogens is 2. The van der Waals surface area contributed by atoms with E-state index in [1.807, 2.05) is 9.80 Å². The van der Waals surface area contributed by atoms with E-state index in [-0.39, 0.29) is 0 Å². The molecule has 96 valence electrons. The van der Waals surface area contributed by atoms with E-state index in [2.05, 4.69) is 6.08 Å². The second-order valence-corrected chi connectivity index (χ2v) is 6.71. The molecule has 0 amide bonds. The minimum absolute atomic E-state index is 0.885. The minimum atomic E-state index is 0.885. The third-order valence-electron chi connectivity index (χ3n) is 5.01. The molecule has 0 saturated carbocycles. The number of hydrogen-bond donors (Lipinski definition) is 2. The van der Waals surface area contributed by atoms with Crippen LogP contribution in [-0.2, 0) is 0 Å². The molecular weight excluding hydrogens is 232 g/mol. The predicted octanol–water partition coefficient (Wildman–Crippen LogP) is -0.287. The first-order valence-electron chi connectivity index (χ1n) is 7.33. The Morgan fingerprint density at radius 2 is 1.76 bits per heavy atom. The molecule has 17 heavy (non-hydrogen) atoms. The van der Waals surface area contributed by atoms with Gasteiger partial charge in [-0.05, 0) is 12.8 Å². The standard InChI is InChI=1S/C14H23ClN2/c15-14-4-3-12-10-17(11-13(12)9-14)8-7-16-5-1-2-6-16/h4,12-13H,1-3,5-11H2/p+2/t12-,13+/m0/s1. The Labute approximate surface area is 110 Å². The summed E-state index contributed by atoms with van der Waals surface area (Å²) in [5.41, 5.74) is 0. The SMILES string of the molecule is ClC1=CC[C@H]2C[NH+](CC[NH+]3CCCC3)C[C@H]2C1. The molecule has 0 radical (unpaired) electrons. The highest BCUT2D eigenvalue weighted by Gasteiger charge is 2.38. The van der Waals surface area contributed by atoms with Crippen molar-refractivity contribution in [2.45, 2.75) is 25.7 Å². The Bertz CT molecular complexity index is 297. The summed E-state index contributed by atoms with van der Waals surface area (Å²) in [6.07, 6.45) is 7.57. The van der Waals surface area contributed by atoms with E-state index in [4.69, 9.17) is 11.6 Å². The van der Waals surface area contributed by atoms with E-state index in [1.54, 1.807) is 0 Å². The minimum Gasteiger partial charge on any atom is -0.330 e. The molecule has 2 aliphatic heterocycles. The van der Waals surface area contributed by atoms with Gasteiger partial charge < -0.3 is 9.80 Å². The quantitative estimate of drug-likeness (QED) is 0.687. The molecule has 0 aromatic rings. The first-order valence-corrected chi connectivity index (χ1v) is 7.71. The van der Waals surface area contributed by atoms with Crippen LogP contribution in [0, 0.1) is 11.8 Å². The fourth-order valence-corrected chi connectivity index (χ4v) is 4.26. The van der Waals surface area contributed by atoms with Gasteiger partial charge in [0.25, 0.3) is 0 Å². The van der Waals surface area contributed by atoms with E-state index < -0.39 is 0 Å². The number of halogens is 1. The van der Waals surface area contributed by atoms with Crippen LogP contribution in [0.25, 0.3) is 0 Å². The summed E-state index contributed by atoms with van der Waals surface area (Å²) in [7, 11) is 0. The summed E-state index contributed by atoms with van der Waals surface area (Å²) >= 11 is 6.16. The van der Waals surface area contributed by atoms with E-state index in [1.165, 1.54) is 58.5 Å². The van der Waals surface area contributed by atoms with Crippen molar-refractivity contribution in [3.05, 3.63) is 11.1 Å². The fourth-order valence-electron chi connectivity index (χ4n) is 3.97. The lowest BCUT2D eigenvalue weighted by molar-refractivity contribution is -0.947. The zero-order chi connectivity index (χ0) is 11.7. The number of likely N-dealkylation sites (tertiary alicyclic amines) is 2. The molecule has 3 atom stereocenters. The van der Waals surface area contributed by atoms with Crippen molar-refractivity contribution in [2.24, 2.45) is 11.8 Å². The van der Waals surface area contributed by atoms with Crippen molar-refractivity contribution < 1.29 is 9.80 Å². The van der Waals surface area contributed by atoms with Crippen LogP contribution in [0.3, 0.4) is 0 Å². The van der Waals surface area contributed by atoms with E-state index in [0.717, 1.165) is 23.3 Å². The lowest BCUT2D eigenvalue weighted by Gasteiger charge is -2.18. The Morgan fingerprint density at radius 3 is 2.59 bits per heavy atom. The molecule has 0 aromatic carbocycles. The van der Waals surface area contributed by atoms with Gasteiger partial charge in [-0.25, -0.2) is 0 Å². The Hall–Kier alpha value is -0.0500. The van der Waals surface area contributed by atoms with E-state index in [9.17, 15) is 0 Å². The van der Waals surface area contributed by atoms with Gasteiger partial charge >= 0.3 is 0 Å². The van der Waals surface area contributed by atoms with Crippen LogP contribution in [0.4, 0.5) is 0 Å². The van der Waals surface area contributed by atoms with Crippen LogP contribution in [0.5, 0.6) is 0 Å². The average Bonchev–Trinajstić information content (AvgIpc) is 2.94. The topological polar surface area (TPSA) is 8.88 Å². The molecule has 2 saturated heterocycles. The van der Waals surface area contributed by atoms with Gasteiger partial charge in [0.15, 0.2) is 0 Å². The molecule has 1 aliphatic carbocycles. The first-order chi connectivity index (χ1) is 8.31. The third kappa shape index (κ3) is 2.86. The van der Waals surface area contributed by atoms with Crippen molar-refractivity contribution in [2.75, 3.05) is 39.3 Å². The highest BCUT2D eigenvalue weighted by molar-refractivity contribution is 6.29. The van der Waals surface area contributed by atoms with Gasteiger partial charge in [-0.15, -0.1) is 0 Å². The molecule has 0 aromatic heterocycles. The smallest absolute Gasteiger partial charge is 0.127 e. The van der Waals surface area contributed by atoms with Crippen LogP contribution in [0.15, 0.2) is 11.1 Å². The lowest BCUT2D eigenvalue weighted by atomic mass is 9.86. The van der Waals surface area contributed by atoms with Crippen molar-refractivity contribution in [3.63, 3.8) is 0 Å². The molecule has 2 N–H and O–H groups in total.